The maximum absolute atomic E-state index is 12.2. The van der Waals surface area contributed by atoms with E-state index >= 15 is 0 Å². The van der Waals surface area contributed by atoms with Gasteiger partial charge in [0.15, 0.2) is 5.75 Å². The Balaban J connectivity index is 3.03. The van der Waals surface area contributed by atoms with Crippen molar-refractivity contribution in [2.45, 2.75) is 19.7 Å². The van der Waals surface area contributed by atoms with E-state index in [0.717, 1.165) is 0 Å². The van der Waals surface area contributed by atoms with Crippen LogP contribution in [0, 0.1) is 0 Å². The number of esters is 1. The van der Waals surface area contributed by atoms with E-state index in [1.54, 1.807) is 6.92 Å². The molecule has 0 saturated heterocycles. The summed E-state index contributed by atoms with van der Waals surface area (Å²) < 4.78 is 45.2. The van der Waals surface area contributed by atoms with Gasteiger partial charge in [-0.2, -0.15) is 0 Å². The number of rotatable bonds is 4. The number of benzene rings is 1. The molecule has 0 aliphatic carbocycles. The van der Waals surface area contributed by atoms with Crippen LogP contribution in [0.4, 0.5) is 18.9 Å². The average molecular weight is 342 g/mol. The van der Waals surface area contributed by atoms with Gasteiger partial charge in [0, 0.05) is 0 Å². The van der Waals surface area contributed by atoms with Crippen LogP contribution in [0.15, 0.2) is 16.6 Å². The smallest absolute Gasteiger partial charge is 0.466 e. The topological polar surface area (TPSA) is 61.5 Å². The van der Waals surface area contributed by atoms with Crippen LogP contribution < -0.4 is 10.5 Å². The number of nitrogen functional groups attached to an aromatic ring is 1. The van der Waals surface area contributed by atoms with Crippen molar-refractivity contribution in [3.8, 4) is 5.75 Å². The highest BCUT2D eigenvalue weighted by Gasteiger charge is 2.33. The number of carbonyl (C=O) groups excluding carboxylic acids is 1. The fourth-order valence-corrected chi connectivity index (χ4v) is 1.92. The first-order chi connectivity index (χ1) is 8.74. The van der Waals surface area contributed by atoms with Crippen LogP contribution in [-0.4, -0.2) is 18.9 Å². The van der Waals surface area contributed by atoms with Crippen LogP contribution in [0.25, 0.3) is 0 Å². The number of anilines is 1. The first-order valence-corrected chi connectivity index (χ1v) is 6.02. The highest BCUT2D eigenvalue weighted by Crippen LogP contribution is 2.38. The normalized spacial score (nSPS) is 11.2. The predicted molar refractivity (Wildman–Crippen MR) is 65.6 cm³/mol. The number of carbonyl (C=O) groups is 1. The second kappa shape index (κ2) is 6.14. The van der Waals surface area contributed by atoms with E-state index in [1.165, 1.54) is 12.1 Å². The van der Waals surface area contributed by atoms with Crippen molar-refractivity contribution in [3.63, 3.8) is 0 Å². The molecule has 1 aromatic rings. The molecule has 0 aliphatic heterocycles. The van der Waals surface area contributed by atoms with Gasteiger partial charge in [0.25, 0.3) is 0 Å². The SMILES string of the molecule is CCOC(=O)Cc1ccc(N)c(OC(F)(F)F)c1Br. The third-order valence-electron chi connectivity index (χ3n) is 2.07. The van der Waals surface area contributed by atoms with Crippen LogP contribution in [0.2, 0.25) is 0 Å². The maximum Gasteiger partial charge on any atom is 0.573 e. The lowest BCUT2D eigenvalue weighted by molar-refractivity contribution is -0.274. The van der Waals surface area contributed by atoms with Crippen molar-refractivity contribution >= 4 is 27.6 Å². The molecule has 0 aromatic heterocycles. The summed E-state index contributed by atoms with van der Waals surface area (Å²) in [6.07, 6.45) is -5.04. The molecule has 0 radical (unpaired) electrons. The Morgan fingerprint density at radius 2 is 2.05 bits per heavy atom. The third kappa shape index (κ3) is 4.62. The summed E-state index contributed by atoms with van der Waals surface area (Å²) in [4.78, 5) is 11.3. The molecule has 0 spiro atoms. The summed E-state index contributed by atoms with van der Waals surface area (Å²) in [5, 5.41) is 0. The Hall–Kier alpha value is -1.44. The Morgan fingerprint density at radius 1 is 1.42 bits per heavy atom. The molecule has 19 heavy (non-hydrogen) atoms. The zero-order valence-corrected chi connectivity index (χ0v) is 11.5. The van der Waals surface area contributed by atoms with Crippen molar-refractivity contribution in [3.05, 3.63) is 22.2 Å². The highest BCUT2D eigenvalue weighted by atomic mass is 79.9. The van der Waals surface area contributed by atoms with Gasteiger partial charge >= 0.3 is 12.3 Å². The van der Waals surface area contributed by atoms with Crippen molar-refractivity contribution in [1.82, 2.24) is 0 Å². The summed E-state index contributed by atoms with van der Waals surface area (Å²) >= 11 is 2.95. The molecule has 0 amide bonds. The lowest BCUT2D eigenvalue weighted by atomic mass is 10.1. The molecule has 2 N–H and O–H groups in total. The first kappa shape index (κ1) is 15.6. The van der Waals surface area contributed by atoms with Gasteiger partial charge in [-0.25, -0.2) is 0 Å². The lowest BCUT2D eigenvalue weighted by Crippen LogP contribution is -2.19. The quantitative estimate of drug-likeness (QED) is 0.675. The van der Waals surface area contributed by atoms with E-state index in [4.69, 9.17) is 10.5 Å². The molecule has 106 valence electrons. The van der Waals surface area contributed by atoms with E-state index < -0.39 is 18.1 Å². The highest BCUT2D eigenvalue weighted by molar-refractivity contribution is 9.10. The second-order valence-corrected chi connectivity index (χ2v) is 4.28. The van der Waals surface area contributed by atoms with E-state index in [1.807, 2.05) is 0 Å². The first-order valence-electron chi connectivity index (χ1n) is 5.22. The standard InChI is InChI=1S/C11H11BrF3NO3/c1-2-18-8(17)5-6-3-4-7(16)10(9(6)12)19-11(13,14)15/h3-4H,2,5,16H2,1H3. The fourth-order valence-electron chi connectivity index (χ4n) is 1.34. The molecule has 0 bridgehead atoms. The Bertz CT molecular complexity index is 477. The third-order valence-corrected chi connectivity index (χ3v) is 2.93. The van der Waals surface area contributed by atoms with Crippen molar-refractivity contribution in [1.29, 1.82) is 0 Å². The summed E-state index contributed by atoms with van der Waals surface area (Å²) in [7, 11) is 0. The van der Waals surface area contributed by atoms with Gasteiger partial charge in [-0.3, -0.25) is 4.79 Å². The van der Waals surface area contributed by atoms with Gasteiger partial charge in [-0.1, -0.05) is 6.07 Å². The average Bonchev–Trinajstić information content (AvgIpc) is 2.27. The number of nitrogens with two attached hydrogens (primary N) is 1. The van der Waals surface area contributed by atoms with Crippen molar-refractivity contribution in [2.75, 3.05) is 12.3 Å². The van der Waals surface area contributed by atoms with Gasteiger partial charge in [-0.15, -0.1) is 13.2 Å². The van der Waals surface area contributed by atoms with Crippen molar-refractivity contribution < 1.29 is 27.4 Å². The number of hydrogen-bond donors (Lipinski definition) is 1. The van der Waals surface area contributed by atoms with Crippen LogP contribution in [0.3, 0.4) is 0 Å². The molecule has 0 aliphatic rings. The van der Waals surface area contributed by atoms with Gasteiger partial charge in [0.2, 0.25) is 0 Å². The minimum Gasteiger partial charge on any atom is -0.466 e. The Kier molecular flexibility index (Phi) is 5.04. The number of hydrogen-bond acceptors (Lipinski definition) is 4. The summed E-state index contributed by atoms with van der Waals surface area (Å²) in [6, 6.07) is 2.67. The number of halogens is 4. The zero-order chi connectivity index (χ0) is 14.6. The molecule has 0 atom stereocenters. The van der Waals surface area contributed by atoms with E-state index in [0.29, 0.717) is 5.56 Å². The minimum absolute atomic E-state index is 0.0159. The largest absolute Gasteiger partial charge is 0.573 e. The fraction of sp³-hybridized carbons (Fsp3) is 0.364. The van der Waals surface area contributed by atoms with E-state index in [9.17, 15) is 18.0 Å². The molecular weight excluding hydrogens is 331 g/mol. The molecule has 8 heteroatoms. The van der Waals surface area contributed by atoms with Gasteiger partial charge in [0.1, 0.15) is 0 Å². The molecule has 0 unspecified atom stereocenters. The monoisotopic (exact) mass is 341 g/mol. The zero-order valence-electron chi connectivity index (χ0n) is 9.88. The van der Waals surface area contributed by atoms with Crippen LogP contribution in [0.1, 0.15) is 12.5 Å². The molecule has 4 nitrogen and oxygen atoms in total. The molecule has 0 saturated carbocycles. The Labute approximate surface area is 115 Å². The van der Waals surface area contributed by atoms with Crippen LogP contribution in [0.5, 0.6) is 5.75 Å². The molecule has 0 heterocycles. The van der Waals surface area contributed by atoms with Gasteiger partial charge < -0.3 is 15.2 Å². The van der Waals surface area contributed by atoms with Crippen molar-refractivity contribution in [2.24, 2.45) is 0 Å². The number of ether oxygens (including phenoxy) is 2. The van der Waals surface area contributed by atoms with Gasteiger partial charge in [-0.05, 0) is 34.5 Å². The Morgan fingerprint density at radius 3 is 2.58 bits per heavy atom. The molecule has 1 rings (SSSR count). The van der Waals surface area contributed by atoms with Crippen LogP contribution in [-0.2, 0) is 16.0 Å². The van der Waals surface area contributed by atoms with Crippen LogP contribution >= 0.6 is 15.9 Å². The summed E-state index contributed by atoms with van der Waals surface area (Å²) in [6.45, 7) is 1.82. The maximum atomic E-state index is 12.2. The minimum atomic E-state index is -4.86. The lowest BCUT2D eigenvalue weighted by Gasteiger charge is -2.15. The predicted octanol–water partition coefficient (Wildman–Crippen LogP) is 3.04. The molecular formula is C11H11BrF3NO3. The van der Waals surface area contributed by atoms with E-state index in [2.05, 4.69) is 20.7 Å². The number of alkyl halides is 3. The molecule has 1 aromatic carbocycles. The van der Waals surface area contributed by atoms with E-state index in [-0.39, 0.29) is 23.2 Å². The second-order valence-electron chi connectivity index (χ2n) is 3.49. The molecule has 0 fully saturated rings. The summed E-state index contributed by atoms with van der Waals surface area (Å²) in [5.41, 5.74) is 5.53. The summed E-state index contributed by atoms with van der Waals surface area (Å²) in [5.74, 6) is -1.11. The van der Waals surface area contributed by atoms with Gasteiger partial charge in [0.05, 0.1) is 23.2 Å².